The van der Waals surface area contributed by atoms with Crippen LogP contribution in [0, 0.1) is 0 Å². The second-order valence-corrected chi connectivity index (χ2v) is 2.36. The van der Waals surface area contributed by atoms with E-state index in [1.807, 2.05) is 0 Å². The Morgan fingerprint density at radius 1 is 0.857 bits per heavy atom. The van der Waals surface area contributed by atoms with E-state index in [0.29, 0.717) is 0 Å². The normalized spacial score (nSPS) is 17.8. The molecule has 0 fully saturated rings. The first kappa shape index (κ1) is 3.41. The van der Waals surface area contributed by atoms with Crippen molar-refractivity contribution in [3.8, 4) is 0 Å². The van der Waals surface area contributed by atoms with E-state index in [9.17, 15) is 5.21 Å². The lowest BCUT2D eigenvalue weighted by molar-refractivity contribution is 0.196. The van der Waals surface area contributed by atoms with E-state index in [1.54, 1.807) is 0 Å². The molecule has 2 heteroatoms. The number of rotatable bonds is 2. The van der Waals surface area contributed by atoms with Gasteiger partial charge in [0.25, 0.3) is 0 Å². The lowest BCUT2D eigenvalue weighted by Crippen LogP contribution is -2.07. The van der Waals surface area contributed by atoms with Crippen molar-refractivity contribution in [3.63, 3.8) is 0 Å². The summed E-state index contributed by atoms with van der Waals surface area (Å²) in [6.07, 6.45) is 0. The third-order valence-corrected chi connectivity index (χ3v) is 1.46. The maximum atomic E-state index is 12.4. The van der Waals surface area contributed by atoms with Crippen LogP contribution >= 0.6 is 0 Å². The second kappa shape index (κ2) is 3.94. The third-order valence-electron chi connectivity index (χ3n) is 1.46. The fourth-order valence-corrected chi connectivity index (χ4v) is 0.867. The molecule has 0 N–H and O–H groups in total. The van der Waals surface area contributed by atoms with E-state index in [4.69, 9.17) is 11.0 Å². The Morgan fingerprint density at radius 2 is 1.21 bits per heavy atom. The van der Waals surface area contributed by atoms with E-state index >= 15 is 0 Å². The zero-order valence-corrected chi connectivity index (χ0v) is 7.01. The summed E-state index contributed by atoms with van der Waals surface area (Å²) in [5.74, 6) is 0. The molecule has 0 aliphatic heterocycles. The number of anilines is 2. The zero-order valence-electron chi connectivity index (χ0n) is 15.0. The number of para-hydroxylation sites is 2. The number of nitrogens with zero attached hydrogens (tertiary/aromatic N) is 1. The van der Waals surface area contributed by atoms with Crippen molar-refractivity contribution in [1.82, 2.24) is 0 Å². The van der Waals surface area contributed by atoms with Crippen molar-refractivity contribution in [2.24, 2.45) is 0 Å². The van der Waals surface area contributed by atoms with Gasteiger partial charge in [-0.2, -0.15) is 5.06 Å². The quantitative estimate of drug-likeness (QED) is 0.530. The summed E-state index contributed by atoms with van der Waals surface area (Å²) in [5, 5.41) is 12.4. The van der Waals surface area contributed by atoms with Gasteiger partial charge in [-0.1, -0.05) is 41.5 Å². The van der Waals surface area contributed by atoms with Crippen molar-refractivity contribution < 1.29 is 16.2 Å². The highest BCUT2D eigenvalue weighted by Gasteiger charge is 2.04. The van der Waals surface area contributed by atoms with Gasteiger partial charge in [-0.3, -0.25) is 0 Å². The molecule has 0 bridgehead atoms. The molecule has 0 amide bonds. The summed E-state index contributed by atoms with van der Waals surface area (Å²) in [5.41, 5.74) is -1.30. The molecular weight excluding hydrogens is 175 g/mol. The predicted octanol–water partition coefficient (Wildman–Crippen LogP) is 3.17. The zero-order chi connectivity index (χ0) is 16.8. The van der Waals surface area contributed by atoms with E-state index in [-0.39, 0.29) is 5.06 Å². The first-order valence-electron chi connectivity index (χ1n) is 7.78. The molecule has 1 radical (unpaired) electrons. The maximum Gasteiger partial charge on any atom is 0.0726 e. The van der Waals surface area contributed by atoms with Crippen LogP contribution in [0.15, 0.2) is 60.5 Å². The van der Waals surface area contributed by atoms with Crippen LogP contribution in [0.5, 0.6) is 0 Å². The lowest BCUT2D eigenvalue weighted by atomic mass is 10.3. The summed E-state index contributed by atoms with van der Waals surface area (Å²) < 4.78 is 60.9. The van der Waals surface area contributed by atoms with Gasteiger partial charge in [0.05, 0.1) is 22.3 Å². The Kier molecular flexibility index (Phi) is 0.958. The van der Waals surface area contributed by atoms with E-state index < -0.39 is 59.7 Å². The van der Waals surface area contributed by atoms with Crippen LogP contribution in [0.2, 0.25) is 0 Å². The Morgan fingerprint density at radius 3 is 1.57 bits per heavy atom. The lowest BCUT2D eigenvalue weighted by Gasteiger charge is -2.13. The Hall–Kier alpha value is -1.80. The number of hydrogen-bond acceptors (Lipinski definition) is 1. The van der Waals surface area contributed by atoms with Crippen LogP contribution in [0.4, 0.5) is 11.4 Å². The first-order valence-corrected chi connectivity index (χ1v) is 3.78. The molecule has 69 valence electrons. The van der Waals surface area contributed by atoms with Crippen molar-refractivity contribution in [2.75, 3.05) is 5.06 Å². The van der Waals surface area contributed by atoms with Gasteiger partial charge in [-0.15, -0.1) is 0 Å². The molecule has 0 unspecified atom stereocenters. The van der Waals surface area contributed by atoms with Gasteiger partial charge in [-0.05, 0) is 24.2 Å². The number of benzene rings is 2. The fourth-order valence-electron chi connectivity index (χ4n) is 0.867. The molecule has 2 nitrogen and oxygen atoms in total. The smallest absolute Gasteiger partial charge is 0.0726 e. The molecule has 0 heterocycles. The molecule has 0 aromatic heterocycles. The minimum atomic E-state index is -0.649. The summed E-state index contributed by atoms with van der Waals surface area (Å²) in [6.45, 7) is 0. The highest BCUT2D eigenvalue weighted by Crippen LogP contribution is 2.22. The topological polar surface area (TPSA) is 23.1 Å². The van der Waals surface area contributed by atoms with Crippen LogP contribution < -0.4 is 5.06 Å². The summed E-state index contributed by atoms with van der Waals surface area (Å²) in [6, 6.07) is -2.33. The maximum absolute atomic E-state index is 12.4. The van der Waals surface area contributed by atoms with Gasteiger partial charge in [0.2, 0.25) is 0 Å². The molecule has 14 heavy (non-hydrogen) atoms. The Balaban J connectivity index is 2.77. The molecule has 0 spiro atoms. The van der Waals surface area contributed by atoms with Gasteiger partial charge in [0.1, 0.15) is 0 Å². The average Bonchev–Trinajstić information content (AvgIpc) is 2.44. The monoisotopic (exact) mass is 193 g/mol. The standard InChI is InChI=1S/C12H10NO/c14-13(11-7-3-1-4-8-11)12-9-5-2-6-10-12/h1-10H/i3D,4D,5D,6D,7D,8D,9D,10D,13+1. The molecule has 0 atom stereocenters. The summed E-state index contributed by atoms with van der Waals surface area (Å²) in [7, 11) is 0. The largest absolute Gasteiger partial charge is 0.188 e. The van der Waals surface area contributed by atoms with Crippen molar-refractivity contribution in [3.05, 3.63) is 60.5 Å². The molecule has 2 rings (SSSR count). The van der Waals surface area contributed by atoms with E-state index in [2.05, 4.69) is 0 Å². The van der Waals surface area contributed by atoms with Gasteiger partial charge in [0, 0.05) is 0 Å². The van der Waals surface area contributed by atoms with Crippen molar-refractivity contribution in [2.45, 2.75) is 0 Å². The molecule has 0 saturated heterocycles. The van der Waals surface area contributed by atoms with Crippen LogP contribution in [0.3, 0.4) is 0 Å². The molecular formula is C12H10NO. The SMILES string of the molecule is [2H]c1cc([2H])c([2H])c([15N]([O])c2c([2H])c([2H])cc([2H])c2[2H])c1[2H]. The van der Waals surface area contributed by atoms with Crippen molar-refractivity contribution >= 4 is 11.4 Å². The Labute approximate surface area is 94.2 Å². The van der Waals surface area contributed by atoms with E-state index in [1.165, 1.54) is 0 Å². The minimum Gasteiger partial charge on any atom is -0.188 e. The van der Waals surface area contributed by atoms with Gasteiger partial charge < -0.3 is 0 Å². The average molecular weight is 193 g/mol. The summed E-state index contributed by atoms with van der Waals surface area (Å²) in [4.78, 5) is 0. The Bertz CT molecular complexity index is 648. The predicted molar refractivity (Wildman–Crippen MR) is 55.7 cm³/mol. The molecule has 0 aliphatic rings. The van der Waals surface area contributed by atoms with Gasteiger partial charge in [-0.25, -0.2) is 0 Å². The molecule has 2 aromatic carbocycles. The molecule has 2 aromatic rings. The molecule has 0 saturated carbocycles. The van der Waals surface area contributed by atoms with E-state index in [0.717, 1.165) is 12.1 Å². The minimum absolute atomic E-state index is 0.0819. The van der Waals surface area contributed by atoms with Crippen LogP contribution in [-0.4, -0.2) is 0 Å². The highest BCUT2D eigenvalue weighted by molar-refractivity contribution is 5.59. The van der Waals surface area contributed by atoms with Gasteiger partial charge >= 0.3 is 0 Å². The van der Waals surface area contributed by atoms with Crippen LogP contribution in [0.1, 0.15) is 11.0 Å². The second-order valence-electron chi connectivity index (χ2n) is 2.36. The summed E-state index contributed by atoms with van der Waals surface area (Å²) >= 11 is 0. The van der Waals surface area contributed by atoms with Crippen molar-refractivity contribution in [1.29, 1.82) is 0 Å². The highest BCUT2D eigenvalue weighted by atomic mass is 16.8. The van der Waals surface area contributed by atoms with Gasteiger partial charge in [0.15, 0.2) is 0 Å². The molecule has 0 aliphatic carbocycles. The number of hydrogen-bond donors (Lipinski definition) is 0. The van der Waals surface area contributed by atoms with Crippen LogP contribution in [-0.2, 0) is 5.21 Å². The fraction of sp³-hybridized carbons (Fsp3) is 0. The third kappa shape index (κ3) is 1.75. The van der Waals surface area contributed by atoms with Crippen LogP contribution in [0.25, 0.3) is 0 Å². The first-order chi connectivity index (χ1) is 10.2.